The number of amides is 1. The molecule has 1 aliphatic rings. The molecule has 0 aromatic rings. The van der Waals surface area contributed by atoms with Crippen LogP contribution in [0.2, 0.25) is 0 Å². The van der Waals surface area contributed by atoms with Crippen molar-refractivity contribution in [2.45, 2.75) is 32.7 Å². The second-order valence-corrected chi connectivity index (χ2v) is 4.69. The van der Waals surface area contributed by atoms with Crippen molar-refractivity contribution in [1.29, 1.82) is 0 Å². The number of carbonyl (C=O) groups excluding carboxylic acids is 1. The summed E-state index contributed by atoms with van der Waals surface area (Å²) in [5.74, 6) is 0.158. The average Bonchev–Trinajstić information content (AvgIpc) is 2.44. The standard InChI is InChI=1S/C11H21N3OS/c1-3-10(11(12)16)14-6-4-5-13(7-8-14)9(2)15/h10H,3-8H2,1-2H3,(H2,12,16). The van der Waals surface area contributed by atoms with Crippen molar-refractivity contribution in [3.63, 3.8) is 0 Å². The lowest BCUT2D eigenvalue weighted by molar-refractivity contribution is -0.128. The lowest BCUT2D eigenvalue weighted by Crippen LogP contribution is -2.45. The van der Waals surface area contributed by atoms with Gasteiger partial charge in [-0.1, -0.05) is 19.1 Å². The fourth-order valence-electron chi connectivity index (χ4n) is 2.20. The van der Waals surface area contributed by atoms with E-state index in [0.29, 0.717) is 4.99 Å². The van der Waals surface area contributed by atoms with Crippen LogP contribution in [0.3, 0.4) is 0 Å². The van der Waals surface area contributed by atoms with Gasteiger partial charge in [0.25, 0.3) is 0 Å². The second kappa shape index (κ2) is 6.15. The van der Waals surface area contributed by atoms with E-state index in [-0.39, 0.29) is 11.9 Å². The van der Waals surface area contributed by atoms with Crippen molar-refractivity contribution >= 4 is 23.1 Å². The summed E-state index contributed by atoms with van der Waals surface area (Å²) in [5.41, 5.74) is 5.73. The Morgan fingerprint density at radius 1 is 1.38 bits per heavy atom. The molecule has 1 saturated heterocycles. The van der Waals surface area contributed by atoms with Gasteiger partial charge in [0.2, 0.25) is 5.91 Å². The first-order chi connectivity index (χ1) is 7.56. The Kier molecular flexibility index (Phi) is 5.15. The van der Waals surface area contributed by atoms with Crippen LogP contribution in [0.5, 0.6) is 0 Å². The van der Waals surface area contributed by atoms with Gasteiger partial charge in [0.05, 0.1) is 11.0 Å². The summed E-state index contributed by atoms with van der Waals surface area (Å²) >= 11 is 5.08. The molecule has 0 radical (unpaired) electrons. The SMILES string of the molecule is CCC(C(N)=S)N1CCCN(C(C)=O)CC1. The number of nitrogens with zero attached hydrogens (tertiary/aromatic N) is 2. The summed E-state index contributed by atoms with van der Waals surface area (Å²) in [6.07, 6.45) is 1.94. The summed E-state index contributed by atoms with van der Waals surface area (Å²) in [4.78, 5) is 16.0. The van der Waals surface area contributed by atoms with Gasteiger partial charge < -0.3 is 10.6 Å². The van der Waals surface area contributed by atoms with E-state index >= 15 is 0 Å². The van der Waals surface area contributed by atoms with Gasteiger partial charge in [-0.25, -0.2) is 0 Å². The molecule has 0 saturated carbocycles. The van der Waals surface area contributed by atoms with Gasteiger partial charge >= 0.3 is 0 Å². The predicted octanol–water partition coefficient (Wildman–Crippen LogP) is 0.605. The molecule has 0 aromatic carbocycles. The van der Waals surface area contributed by atoms with Crippen LogP contribution >= 0.6 is 12.2 Å². The monoisotopic (exact) mass is 243 g/mol. The Labute approximate surface area is 103 Å². The van der Waals surface area contributed by atoms with Gasteiger partial charge in [0.1, 0.15) is 0 Å². The molecule has 1 aliphatic heterocycles. The van der Waals surface area contributed by atoms with E-state index in [9.17, 15) is 4.79 Å². The van der Waals surface area contributed by atoms with Gasteiger partial charge in [0.15, 0.2) is 0 Å². The highest BCUT2D eigenvalue weighted by molar-refractivity contribution is 7.80. The molecule has 0 bridgehead atoms. The summed E-state index contributed by atoms with van der Waals surface area (Å²) in [5, 5.41) is 0. The third-order valence-electron chi connectivity index (χ3n) is 3.13. The highest BCUT2D eigenvalue weighted by Gasteiger charge is 2.23. The molecule has 1 unspecified atom stereocenters. The second-order valence-electron chi connectivity index (χ2n) is 4.22. The summed E-state index contributed by atoms with van der Waals surface area (Å²) < 4.78 is 0. The van der Waals surface area contributed by atoms with E-state index in [1.54, 1.807) is 6.92 Å². The molecule has 1 amide bonds. The Bertz CT molecular complexity index is 270. The van der Waals surface area contributed by atoms with Gasteiger partial charge in [-0.15, -0.1) is 0 Å². The number of hydrogen-bond acceptors (Lipinski definition) is 3. The molecule has 2 N–H and O–H groups in total. The Morgan fingerprint density at radius 2 is 2.06 bits per heavy atom. The van der Waals surface area contributed by atoms with Crippen LogP contribution in [0.4, 0.5) is 0 Å². The summed E-state index contributed by atoms with van der Waals surface area (Å²) in [7, 11) is 0. The highest BCUT2D eigenvalue weighted by Crippen LogP contribution is 2.10. The minimum atomic E-state index is 0.158. The summed E-state index contributed by atoms with van der Waals surface area (Å²) in [6, 6.07) is 0.182. The zero-order valence-electron chi connectivity index (χ0n) is 10.1. The minimum absolute atomic E-state index is 0.158. The smallest absolute Gasteiger partial charge is 0.219 e. The maximum Gasteiger partial charge on any atom is 0.219 e. The molecule has 1 fully saturated rings. The van der Waals surface area contributed by atoms with Crippen molar-refractivity contribution in [1.82, 2.24) is 9.80 Å². The fourth-order valence-corrected chi connectivity index (χ4v) is 2.52. The van der Waals surface area contributed by atoms with E-state index < -0.39 is 0 Å². The average molecular weight is 243 g/mol. The van der Waals surface area contributed by atoms with E-state index in [2.05, 4.69) is 11.8 Å². The number of hydrogen-bond donors (Lipinski definition) is 1. The van der Waals surface area contributed by atoms with Crippen LogP contribution in [0.1, 0.15) is 26.7 Å². The fraction of sp³-hybridized carbons (Fsp3) is 0.818. The maximum absolute atomic E-state index is 11.3. The van der Waals surface area contributed by atoms with E-state index in [1.807, 2.05) is 4.90 Å². The lowest BCUT2D eigenvalue weighted by atomic mass is 10.2. The van der Waals surface area contributed by atoms with E-state index in [4.69, 9.17) is 18.0 Å². The van der Waals surface area contributed by atoms with Crippen LogP contribution in [-0.2, 0) is 4.79 Å². The molecule has 4 nitrogen and oxygen atoms in total. The zero-order chi connectivity index (χ0) is 12.1. The molecule has 1 rings (SSSR count). The van der Waals surface area contributed by atoms with Crippen LogP contribution < -0.4 is 5.73 Å². The van der Waals surface area contributed by atoms with Gasteiger partial charge in [-0.2, -0.15) is 0 Å². The molecule has 0 aliphatic carbocycles. The van der Waals surface area contributed by atoms with Gasteiger partial charge in [0, 0.05) is 33.1 Å². The van der Waals surface area contributed by atoms with Crippen molar-refractivity contribution in [2.24, 2.45) is 5.73 Å². The van der Waals surface area contributed by atoms with Crippen molar-refractivity contribution in [3.8, 4) is 0 Å². The van der Waals surface area contributed by atoms with Crippen LogP contribution in [0, 0.1) is 0 Å². The first kappa shape index (κ1) is 13.4. The molecule has 0 aromatic heterocycles. The van der Waals surface area contributed by atoms with Crippen LogP contribution in [0.15, 0.2) is 0 Å². The van der Waals surface area contributed by atoms with Crippen LogP contribution in [0.25, 0.3) is 0 Å². The Hall–Kier alpha value is -0.680. The largest absolute Gasteiger partial charge is 0.392 e. The molecule has 5 heteroatoms. The molecule has 0 spiro atoms. The number of thiocarbonyl (C=S) groups is 1. The first-order valence-corrected chi connectivity index (χ1v) is 6.26. The predicted molar refractivity (Wildman–Crippen MR) is 69.3 cm³/mol. The van der Waals surface area contributed by atoms with Crippen LogP contribution in [-0.4, -0.2) is 52.9 Å². The van der Waals surface area contributed by atoms with Crippen molar-refractivity contribution in [3.05, 3.63) is 0 Å². The molecular weight excluding hydrogens is 222 g/mol. The van der Waals surface area contributed by atoms with Gasteiger partial charge in [-0.3, -0.25) is 9.69 Å². The first-order valence-electron chi connectivity index (χ1n) is 5.85. The third kappa shape index (κ3) is 3.42. The minimum Gasteiger partial charge on any atom is -0.392 e. The highest BCUT2D eigenvalue weighted by atomic mass is 32.1. The quantitative estimate of drug-likeness (QED) is 0.738. The molecule has 1 atom stereocenters. The molecule has 16 heavy (non-hydrogen) atoms. The summed E-state index contributed by atoms with van der Waals surface area (Å²) in [6.45, 7) is 7.20. The third-order valence-corrected chi connectivity index (χ3v) is 3.40. The van der Waals surface area contributed by atoms with Crippen molar-refractivity contribution < 1.29 is 4.79 Å². The molecule has 92 valence electrons. The Morgan fingerprint density at radius 3 is 2.56 bits per heavy atom. The Balaban J connectivity index is 2.58. The zero-order valence-corrected chi connectivity index (χ0v) is 10.9. The topological polar surface area (TPSA) is 49.6 Å². The molecular formula is C11H21N3OS. The molecule has 1 heterocycles. The normalized spacial score (nSPS) is 20.2. The number of rotatable bonds is 3. The van der Waals surface area contributed by atoms with Gasteiger partial charge in [-0.05, 0) is 12.8 Å². The van der Waals surface area contributed by atoms with E-state index in [1.165, 1.54) is 0 Å². The van der Waals surface area contributed by atoms with E-state index in [0.717, 1.165) is 39.0 Å². The number of carbonyl (C=O) groups is 1. The van der Waals surface area contributed by atoms with Crippen molar-refractivity contribution in [2.75, 3.05) is 26.2 Å². The number of nitrogens with two attached hydrogens (primary N) is 1. The lowest BCUT2D eigenvalue weighted by Gasteiger charge is -2.28. The maximum atomic E-state index is 11.3.